The number of para-hydroxylation sites is 1. The van der Waals surface area contributed by atoms with Gasteiger partial charge in [0, 0.05) is 38.2 Å². The summed E-state index contributed by atoms with van der Waals surface area (Å²) in [5, 5.41) is 2.93. The van der Waals surface area contributed by atoms with E-state index in [9.17, 15) is 14.0 Å². The molecule has 0 spiro atoms. The average molecular weight is 432 g/mol. The highest BCUT2D eigenvalue weighted by molar-refractivity contribution is 5.97. The van der Waals surface area contributed by atoms with Gasteiger partial charge in [0.25, 0.3) is 5.91 Å². The zero-order chi connectivity index (χ0) is 22.3. The maximum absolute atomic E-state index is 14.1. The molecule has 5 nitrogen and oxygen atoms in total. The Hall–Kier alpha value is -3.67. The Kier molecular flexibility index (Phi) is 6.80. The molecule has 1 fully saturated rings. The van der Waals surface area contributed by atoms with E-state index in [1.807, 2.05) is 47.4 Å². The van der Waals surface area contributed by atoms with Crippen LogP contribution in [0.2, 0.25) is 0 Å². The highest BCUT2D eigenvalue weighted by Gasteiger charge is 2.29. The minimum Gasteiger partial charge on any atom is -0.366 e. The summed E-state index contributed by atoms with van der Waals surface area (Å²) in [4.78, 5) is 29.9. The van der Waals surface area contributed by atoms with E-state index in [0.29, 0.717) is 43.9 Å². The summed E-state index contributed by atoms with van der Waals surface area (Å²) >= 11 is 0. The van der Waals surface area contributed by atoms with Crippen LogP contribution in [-0.2, 0) is 11.2 Å². The molecule has 3 aromatic rings. The zero-order valence-electron chi connectivity index (χ0n) is 17.8. The Bertz CT molecular complexity index is 1050. The molecular weight excluding hydrogens is 405 g/mol. The minimum atomic E-state index is -0.676. The highest BCUT2D eigenvalue weighted by Crippen LogP contribution is 2.20. The molecule has 1 heterocycles. The van der Waals surface area contributed by atoms with E-state index >= 15 is 0 Å². The van der Waals surface area contributed by atoms with Gasteiger partial charge in [-0.25, -0.2) is 4.39 Å². The summed E-state index contributed by atoms with van der Waals surface area (Å²) in [5.74, 6) is -0.652. The van der Waals surface area contributed by atoms with E-state index in [2.05, 4.69) is 5.32 Å². The standard InChI is InChI=1S/C26H26FN3O2/c27-22-13-7-8-14-24(22)29-15-17-30(18-16-29)26(32)23(19-20-9-3-1-4-10-20)28-25(31)21-11-5-2-6-12-21/h1-14,23H,15-19H2,(H,28,31)/t23-/m1/s1. The topological polar surface area (TPSA) is 52.7 Å². The van der Waals surface area contributed by atoms with Gasteiger partial charge in [-0.05, 0) is 29.8 Å². The lowest BCUT2D eigenvalue weighted by molar-refractivity contribution is -0.133. The molecule has 0 radical (unpaired) electrons. The summed E-state index contributed by atoms with van der Waals surface area (Å²) in [7, 11) is 0. The van der Waals surface area contributed by atoms with Crippen molar-refractivity contribution in [3.8, 4) is 0 Å². The van der Waals surface area contributed by atoms with Crippen LogP contribution in [0.15, 0.2) is 84.9 Å². The van der Waals surface area contributed by atoms with Crippen molar-refractivity contribution in [2.75, 3.05) is 31.1 Å². The van der Waals surface area contributed by atoms with Crippen LogP contribution < -0.4 is 10.2 Å². The first-order chi connectivity index (χ1) is 15.6. The zero-order valence-corrected chi connectivity index (χ0v) is 17.8. The van der Waals surface area contributed by atoms with Gasteiger partial charge in [-0.1, -0.05) is 60.7 Å². The van der Waals surface area contributed by atoms with Gasteiger partial charge < -0.3 is 15.1 Å². The lowest BCUT2D eigenvalue weighted by Gasteiger charge is -2.37. The fourth-order valence-corrected chi connectivity index (χ4v) is 3.98. The number of nitrogens with zero attached hydrogens (tertiary/aromatic N) is 2. The number of carbonyl (C=O) groups excluding carboxylic acids is 2. The number of carbonyl (C=O) groups is 2. The van der Waals surface area contributed by atoms with Crippen molar-refractivity contribution in [2.24, 2.45) is 0 Å². The summed E-state index contributed by atoms with van der Waals surface area (Å²) in [6.07, 6.45) is 0.409. The number of piperazine rings is 1. The van der Waals surface area contributed by atoms with Crippen molar-refractivity contribution >= 4 is 17.5 Å². The Morgan fingerprint density at radius 3 is 2.06 bits per heavy atom. The van der Waals surface area contributed by atoms with Gasteiger partial charge in [-0.15, -0.1) is 0 Å². The average Bonchev–Trinajstić information content (AvgIpc) is 2.85. The number of anilines is 1. The molecule has 1 saturated heterocycles. The maximum Gasteiger partial charge on any atom is 0.251 e. The molecule has 1 N–H and O–H groups in total. The number of rotatable bonds is 6. The molecule has 0 unspecified atom stereocenters. The maximum atomic E-state index is 14.1. The van der Waals surface area contributed by atoms with Crippen LogP contribution in [0.4, 0.5) is 10.1 Å². The van der Waals surface area contributed by atoms with Crippen LogP contribution in [0.3, 0.4) is 0 Å². The van der Waals surface area contributed by atoms with Crippen molar-refractivity contribution in [1.29, 1.82) is 0 Å². The molecule has 0 aromatic heterocycles. The van der Waals surface area contributed by atoms with Crippen molar-refractivity contribution in [3.63, 3.8) is 0 Å². The summed E-state index contributed by atoms with van der Waals surface area (Å²) < 4.78 is 14.1. The molecule has 2 amide bonds. The van der Waals surface area contributed by atoms with E-state index in [0.717, 1.165) is 5.56 Å². The van der Waals surface area contributed by atoms with E-state index in [1.165, 1.54) is 6.07 Å². The number of nitrogens with one attached hydrogen (secondary N) is 1. The molecule has 0 aliphatic carbocycles. The lowest BCUT2D eigenvalue weighted by Crippen LogP contribution is -2.55. The van der Waals surface area contributed by atoms with Gasteiger partial charge in [-0.3, -0.25) is 9.59 Å². The summed E-state index contributed by atoms with van der Waals surface area (Å²) in [6.45, 7) is 2.02. The molecule has 1 aliphatic rings. The smallest absolute Gasteiger partial charge is 0.251 e. The summed E-state index contributed by atoms with van der Waals surface area (Å²) in [6, 6.07) is 24.6. The number of benzene rings is 3. The number of halogens is 1. The number of hydrogen-bond donors (Lipinski definition) is 1. The lowest BCUT2D eigenvalue weighted by atomic mass is 10.0. The van der Waals surface area contributed by atoms with Crippen LogP contribution in [0, 0.1) is 5.82 Å². The molecule has 1 atom stereocenters. The highest BCUT2D eigenvalue weighted by atomic mass is 19.1. The van der Waals surface area contributed by atoms with Gasteiger partial charge in [0.05, 0.1) is 5.69 Å². The van der Waals surface area contributed by atoms with Gasteiger partial charge in [0.2, 0.25) is 5.91 Å². The van der Waals surface area contributed by atoms with Gasteiger partial charge >= 0.3 is 0 Å². The Morgan fingerprint density at radius 1 is 0.812 bits per heavy atom. The predicted octanol–water partition coefficient (Wildman–Crippen LogP) is 3.52. The van der Waals surface area contributed by atoms with Gasteiger partial charge in [-0.2, -0.15) is 0 Å². The molecule has 0 saturated carbocycles. The van der Waals surface area contributed by atoms with Crippen molar-refractivity contribution in [3.05, 3.63) is 102 Å². The van der Waals surface area contributed by atoms with Crippen molar-refractivity contribution < 1.29 is 14.0 Å². The number of hydrogen-bond acceptors (Lipinski definition) is 3. The first-order valence-electron chi connectivity index (χ1n) is 10.8. The molecule has 3 aromatic carbocycles. The van der Waals surface area contributed by atoms with Crippen LogP contribution in [0.25, 0.3) is 0 Å². The van der Waals surface area contributed by atoms with E-state index in [4.69, 9.17) is 0 Å². The van der Waals surface area contributed by atoms with E-state index in [1.54, 1.807) is 41.3 Å². The minimum absolute atomic E-state index is 0.119. The quantitative estimate of drug-likeness (QED) is 0.650. The Morgan fingerprint density at radius 2 is 1.41 bits per heavy atom. The monoisotopic (exact) mass is 431 g/mol. The summed E-state index contributed by atoms with van der Waals surface area (Å²) in [5.41, 5.74) is 2.05. The molecule has 1 aliphatic heterocycles. The van der Waals surface area contributed by atoms with E-state index in [-0.39, 0.29) is 17.6 Å². The Labute approximate surface area is 187 Å². The third-order valence-electron chi connectivity index (χ3n) is 5.71. The molecule has 4 rings (SSSR count). The van der Waals surface area contributed by atoms with Gasteiger partial charge in [0.1, 0.15) is 11.9 Å². The fourth-order valence-electron chi connectivity index (χ4n) is 3.98. The van der Waals surface area contributed by atoms with Crippen molar-refractivity contribution in [2.45, 2.75) is 12.5 Å². The second kappa shape index (κ2) is 10.1. The van der Waals surface area contributed by atoms with Gasteiger partial charge in [0.15, 0.2) is 0 Å². The van der Waals surface area contributed by atoms with E-state index < -0.39 is 6.04 Å². The first-order valence-corrected chi connectivity index (χ1v) is 10.8. The largest absolute Gasteiger partial charge is 0.366 e. The van der Waals surface area contributed by atoms with Crippen LogP contribution in [-0.4, -0.2) is 48.9 Å². The molecular formula is C26H26FN3O2. The molecule has 6 heteroatoms. The predicted molar refractivity (Wildman–Crippen MR) is 123 cm³/mol. The fraction of sp³-hybridized carbons (Fsp3) is 0.231. The molecule has 0 bridgehead atoms. The van der Waals surface area contributed by atoms with Crippen LogP contribution >= 0.6 is 0 Å². The molecule has 32 heavy (non-hydrogen) atoms. The van der Waals surface area contributed by atoms with Crippen molar-refractivity contribution in [1.82, 2.24) is 10.2 Å². The molecule has 164 valence electrons. The second-order valence-electron chi connectivity index (χ2n) is 7.85. The number of amides is 2. The Balaban J connectivity index is 1.46. The third kappa shape index (κ3) is 5.14. The SMILES string of the molecule is O=C(N[C@H](Cc1ccccc1)C(=O)N1CCN(c2ccccc2F)CC1)c1ccccc1. The van der Waals surface area contributed by atoms with Crippen LogP contribution in [0.1, 0.15) is 15.9 Å². The third-order valence-corrected chi connectivity index (χ3v) is 5.71. The van der Waals surface area contributed by atoms with Crippen LogP contribution in [0.5, 0.6) is 0 Å². The normalized spacial score (nSPS) is 14.7. The first kappa shape index (κ1) is 21.6. The second-order valence-corrected chi connectivity index (χ2v) is 7.85.